The van der Waals surface area contributed by atoms with E-state index < -0.39 is 0 Å². The predicted molar refractivity (Wildman–Crippen MR) is 117 cm³/mol. The number of rotatable bonds is 7. The highest BCUT2D eigenvalue weighted by atomic mass is 32.2. The number of amides is 1. The molecule has 0 N–H and O–H groups in total. The van der Waals surface area contributed by atoms with Crippen LogP contribution in [-0.4, -0.2) is 67.5 Å². The molecule has 4 rings (SSSR count). The van der Waals surface area contributed by atoms with Crippen LogP contribution in [0.25, 0.3) is 11.4 Å². The zero-order chi connectivity index (χ0) is 20.8. The average molecular weight is 422 g/mol. The van der Waals surface area contributed by atoms with Crippen LogP contribution in [0.1, 0.15) is 0 Å². The van der Waals surface area contributed by atoms with Crippen LogP contribution >= 0.6 is 11.8 Å². The number of aromatic nitrogens is 5. The van der Waals surface area contributed by atoms with Gasteiger partial charge in [0.25, 0.3) is 0 Å². The van der Waals surface area contributed by atoms with E-state index in [1.54, 1.807) is 18.6 Å². The first-order chi connectivity index (χ1) is 14.8. The van der Waals surface area contributed by atoms with Gasteiger partial charge in [-0.3, -0.25) is 14.3 Å². The van der Waals surface area contributed by atoms with Crippen LogP contribution < -0.4 is 4.90 Å². The average Bonchev–Trinajstić information content (AvgIpc) is 3.21. The van der Waals surface area contributed by atoms with Crippen LogP contribution in [0.5, 0.6) is 0 Å². The first-order valence-corrected chi connectivity index (χ1v) is 10.8. The van der Waals surface area contributed by atoms with Gasteiger partial charge in [0.15, 0.2) is 11.0 Å². The number of carbonyl (C=O) groups excluding carboxylic acids is 1. The third-order valence-corrected chi connectivity index (χ3v) is 5.84. The lowest BCUT2D eigenvalue weighted by Gasteiger charge is -2.35. The Morgan fingerprint density at radius 3 is 2.60 bits per heavy atom. The normalized spacial score (nSPS) is 14.0. The fourth-order valence-corrected chi connectivity index (χ4v) is 4.20. The lowest BCUT2D eigenvalue weighted by Crippen LogP contribution is -2.49. The van der Waals surface area contributed by atoms with Gasteiger partial charge in [-0.25, -0.2) is 4.98 Å². The van der Waals surface area contributed by atoms with E-state index in [1.165, 1.54) is 11.8 Å². The van der Waals surface area contributed by atoms with Gasteiger partial charge < -0.3 is 9.80 Å². The minimum absolute atomic E-state index is 0.105. The maximum atomic E-state index is 12.7. The highest BCUT2D eigenvalue weighted by Crippen LogP contribution is 2.24. The summed E-state index contributed by atoms with van der Waals surface area (Å²) in [6, 6.07) is 9.91. The molecule has 0 atom stereocenters. The summed E-state index contributed by atoms with van der Waals surface area (Å²) in [5.41, 5.74) is 0.991. The van der Waals surface area contributed by atoms with Crippen molar-refractivity contribution in [2.45, 2.75) is 11.7 Å². The zero-order valence-corrected chi connectivity index (χ0v) is 17.4. The number of thioether (sulfide) groups is 1. The number of hydrogen-bond acceptors (Lipinski definition) is 7. The lowest BCUT2D eigenvalue weighted by atomic mass is 10.2. The Balaban J connectivity index is 1.36. The van der Waals surface area contributed by atoms with Crippen molar-refractivity contribution >= 4 is 23.5 Å². The molecule has 0 bridgehead atoms. The number of benzene rings is 1. The number of anilines is 1. The van der Waals surface area contributed by atoms with Gasteiger partial charge in [0.05, 0.1) is 11.9 Å². The summed E-state index contributed by atoms with van der Waals surface area (Å²) in [5, 5.41) is 9.38. The SMILES string of the molecule is C=CCn1c(SCC(=O)N2CCN(c3cnccn3)CC2)nnc1-c1ccccc1. The zero-order valence-electron chi connectivity index (χ0n) is 16.6. The Morgan fingerprint density at radius 1 is 1.10 bits per heavy atom. The molecule has 2 aromatic heterocycles. The molecule has 3 aromatic rings. The molecule has 1 aliphatic rings. The van der Waals surface area contributed by atoms with Crippen LogP contribution in [0.2, 0.25) is 0 Å². The van der Waals surface area contributed by atoms with E-state index in [2.05, 4.69) is 31.6 Å². The standard InChI is InChI=1S/C21H23N7OS/c1-2-10-28-20(17-6-4-3-5-7-17)24-25-21(28)30-16-19(29)27-13-11-26(12-14-27)18-15-22-8-9-23-18/h2-9,15H,1,10-14,16H2. The van der Waals surface area contributed by atoms with Crippen molar-refractivity contribution in [3.8, 4) is 11.4 Å². The molecule has 1 aliphatic heterocycles. The Kier molecular flexibility index (Phi) is 6.38. The van der Waals surface area contributed by atoms with Gasteiger partial charge in [0, 0.05) is 50.7 Å². The summed E-state index contributed by atoms with van der Waals surface area (Å²) < 4.78 is 1.99. The Hall–Kier alpha value is -3.20. The minimum atomic E-state index is 0.105. The molecule has 1 fully saturated rings. The van der Waals surface area contributed by atoms with Crippen LogP contribution in [-0.2, 0) is 11.3 Å². The molecule has 1 aromatic carbocycles. The van der Waals surface area contributed by atoms with Gasteiger partial charge in [-0.2, -0.15) is 0 Å². The summed E-state index contributed by atoms with van der Waals surface area (Å²) in [4.78, 5) is 25.2. The van der Waals surface area contributed by atoms with Crippen molar-refractivity contribution in [3.05, 3.63) is 61.6 Å². The van der Waals surface area contributed by atoms with Gasteiger partial charge in [0.1, 0.15) is 5.82 Å². The van der Waals surface area contributed by atoms with Gasteiger partial charge in [0.2, 0.25) is 5.91 Å². The molecular formula is C21H23N7OS. The van der Waals surface area contributed by atoms with E-state index in [-0.39, 0.29) is 5.91 Å². The first kappa shape index (κ1) is 20.1. The molecule has 0 aliphatic carbocycles. The van der Waals surface area contributed by atoms with Crippen molar-refractivity contribution in [2.24, 2.45) is 0 Å². The molecule has 1 amide bonds. The lowest BCUT2D eigenvalue weighted by molar-refractivity contribution is -0.128. The smallest absolute Gasteiger partial charge is 0.233 e. The number of nitrogens with zero attached hydrogens (tertiary/aromatic N) is 7. The van der Waals surface area contributed by atoms with E-state index in [4.69, 9.17) is 0 Å². The highest BCUT2D eigenvalue weighted by Gasteiger charge is 2.23. The molecule has 0 spiro atoms. The molecule has 1 saturated heterocycles. The van der Waals surface area contributed by atoms with Crippen molar-refractivity contribution in [2.75, 3.05) is 36.8 Å². The second kappa shape index (κ2) is 9.53. The van der Waals surface area contributed by atoms with Crippen molar-refractivity contribution in [3.63, 3.8) is 0 Å². The fourth-order valence-electron chi connectivity index (χ4n) is 3.35. The predicted octanol–water partition coefficient (Wildman–Crippen LogP) is 2.36. The van der Waals surface area contributed by atoms with Gasteiger partial charge in [-0.05, 0) is 0 Å². The number of carbonyl (C=O) groups is 1. The molecule has 0 radical (unpaired) electrons. The quantitative estimate of drug-likeness (QED) is 0.428. The fraction of sp³-hybridized carbons (Fsp3) is 0.286. The van der Waals surface area contributed by atoms with E-state index in [1.807, 2.05) is 45.9 Å². The number of piperazine rings is 1. The van der Waals surface area contributed by atoms with Gasteiger partial charge in [-0.15, -0.1) is 16.8 Å². The second-order valence-electron chi connectivity index (χ2n) is 6.79. The summed E-state index contributed by atoms with van der Waals surface area (Å²) in [6.45, 7) is 7.27. The molecule has 3 heterocycles. The highest BCUT2D eigenvalue weighted by molar-refractivity contribution is 7.99. The topological polar surface area (TPSA) is 80.0 Å². The van der Waals surface area contributed by atoms with Crippen LogP contribution in [0.3, 0.4) is 0 Å². The minimum Gasteiger partial charge on any atom is -0.352 e. The van der Waals surface area contributed by atoms with E-state index in [0.29, 0.717) is 25.4 Å². The van der Waals surface area contributed by atoms with Crippen molar-refractivity contribution in [1.29, 1.82) is 0 Å². The summed E-state index contributed by atoms with van der Waals surface area (Å²) in [6.07, 6.45) is 6.92. The molecule has 8 nitrogen and oxygen atoms in total. The van der Waals surface area contributed by atoms with E-state index in [9.17, 15) is 4.79 Å². The summed E-state index contributed by atoms with van der Waals surface area (Å²) >= 11 is 1.42. The van der Waals surface area contributed by atoms with Crippen LogP contribution in [0.15, 0.2) is 66.7 Å². The summed E-state index contributed by atoms with van der Waals surface area (Å²) in [5.74, 6) is 2.07. The second-order valence-corrected chi connectivity index (χ2v) is 7.73. The molecule has 0 saturated carbocycles. The maximum Gasteiger partial charge on any atom is 0.233 e. The van der Waals surface area contributed by atoms with E-state index in [0.717, 1.165) is 35.5 Å². The largest absolute Gasteiger partial charge is 0.352 e. The molecular weight excluding hydrogens is 398 g/mol. The molecule has 154 valence electrons. The third-order valence-electron chi connectivity index (χ3n) is 4.89. The Bertz CT molecular complexity index is 985. The molecule has 30 heavy (non-hydrogen) atoms. The third kappa shape index (κ3) is 4.51. The van der Waals surface area contributed by atoms with Gasteiger partial charge >= 0.3 is 0 Å². The van der Waals surface area contributed by atoms with Gasteiger partial charge in [-0.1, -0.05) is 48.2 Å². The maximum absolute atomic E-state index is 12.7. The number of allylic oxidation sites excluding steroid dienone is 1. The van der Waals surface area contributed by atoms with Crippen molar-refractivity contribution < 1.29 is 4.79 Å². The monoisotopic (exact) mass is 421 g/mol. The Morgan fingerprint density at radius 2 is 1.90 bits per heavy atom. The molecule has 9 heteroatoms. The number of hydrogen-bond donors (Lipinski definition) is 0. The van der Waals surface area contributed by atoms with Crippen molar-refractivity contribution in [1.82, 2.24) is 29.6 Å². The molecule has 0 unspecified atom stereocenters. The van der Waals surface area contributed by atoms with Crippen LogP contribution in [0, 0.1) is 0 Å². The first-order valence-electron chi connectivity index (χ1n) is 9.77. The Labute approximate surface area is 179 Å². The van der Waals surface area contributed by atoms with E-state index >= 15 is 0 Å². The van der Waals surface area contributed by atoms with Crippen LogP contribution in [0.4, 0.5) is 5.82 Å². The summed E-state index contributed by atoms with van der Waals surface area (Å²) in [7, 11) is 0.